The van der Waals surface area contributed by atoms with E-state index in [1.165, 1.54) is 25.3 Å². The van der Waals surface area contributed by atoms with Crippen molar-refractivity contribution in [2.24, 2.45) is 5.73 Å². The maximum absolute atomic E-state index is 12.1. The highest BCUT2D eigenvalue weighted by Crippen LogP contribution is 2.32. The highest BCUT2D eigenvalue weighted by molar-refractivity contribution is 5.42. The van der Waals surface area contributed by atoms with Crippen LogP contribution in [-0.4, -0.2) is 13.5 Å². The van der Waals surface area contributed by atoms with Crippen LogP contribution in [0.1, 0.15) is 37.8 Å². The fourth-order valence-electron chi connectivity index (χ4n) is 1.77. The van der Waals surface area contributed by atoms with Crippen LogP contribution in [0, 0.1) is 0 Å². The molecule has 0 unspecified atom stereocenters. The summed E-state index contributed by atoms with van der Waals surface area (Å²) in [6.07, 6.45) is -2.00. The van der Waals surface area contributed by atoms with Gasteiger partial charge in [0, 0.05) is 17.7 Å². The summed E-state index contributed by atoms with van der Waals surface area (Å²) in [5.41, 5.74) is 6.68. The molecule has 0 aliphatic heterocycles. The minimum Gasteiger partial charge on any atom is -0.496 e. The highest BCUT2D eigenvalue weighted by Gasteiger charge is 2.31. The van der Waals surface area contributed by atoms with Gasteiger partial charge in [-0.05, 0) is 12.5 Å². The Morgan fingerprint density at radius 3 is 2.53 bits per heavy atom. The van der Waals surface area contributed by atoms with Gasteiger partial charge in [-0.3, -0.25) is 0 Å². The molecule has 0 aliphatic rings. The largest absolute Gasteiger partial charge is 0.573 e. The Balaban J connectivity index is 2.90. The molecule has 6 heteroatoms. The van der Waals surface area contributed by atoms with Gasteiger partial charge in [-0.2, -0.15) is 0 Å². The molecule has 1 aromatic carbocycles. The summed E-state index contributed by atoms with van der Waals surface area (Å²) in [7, 11) is 1.39. The van der Waals surface area contributed by atoms with Gasteiger partial charge in [0.05, 0.1) is 7.11 Å². The summed E-state index contributed by atoms with van der Waals surface area (Å²) in [6, 6.07) is 3.71. The number of halogens is 3. The van der Waals surface area contributed by atoms with Gasteiger partial charge < -0.3 is 15.2 Å². The summed E-state index contributed by atoms with van der Waals surface area (Å²) in [6.45, 7) is 2.05. The molecule has 1 rings (SSSR count). The second kappa shape index (κ2) is 6.65. The first-order valence-electron chi connectivity index (χ1n) is 6.06. The van der Waals surface area contributed by atoms with Crippen LogP contribution >= 0.6 is 0 Å². The number of ether oxygens (including phenoxy) is 2. The third-order valence-corrected chi connectivity index (χ3v) is 2.71. The van der Waals surface area contributed by atoms with Crippen molar-refractivity contribution in [2.75, 3.05) is 7.11 Å². The Kier molecular flexibility index (Phi) is 5.47. The van der Waals surface area contributed by atoms with Crippen molar-refractivity contribution in [1.29, 1.82) is 0 Å². The van der Waals surface area contributed by atoms with Gasteiger partial charge in [-0.15, -0.1) is 13.2 Å². The van der Waals surface area contributed by atoms with E-state index in [4.69, 9.17) is 10.5 Å². The number of nitrogens with two attached hydrogens (primary N) is 1. The van der Waals surface area contributed by atoms with Crippen LogP contribution in [0.15, 0.2) is 18.2 Å². The topological polar surface area (TPSA) is 44.5 Å². The third kappa shape index (κ3) is 4.98. The van der Waals surface area contributed by atoms with E-state index in [1.54, 1.807) is 0 Å². The SMILES string of the molecule is CCCC[C@H](N)c1ccc(OC(F)(F)F)cc1OC. The predicted octanol–water partition coefficient (Wildman–Crippen LogP) is 3.78. The number of unbranched alkanes of at least 4 members (excludes halogenated alkanes) is 1. The van der Waals surface area contributed by atoms with Gasteiger partial charge in [0.15, 0.2) is 0 Å². The van der Waals surface area contributed by atoms with Crippen molar-refractivity contribution < 1.29 is 22.6 Å². The number of alkyl halides is 3. The highest BCUT2D eigenvalue weighted by atomic mass is 19.4. The van der Waals surface area contributed by atoms with Gasteiger partial charge in [0.25, 0.3) is 0 Å². The van der Waals surface area contributed by atoms with Crippen LogP contribution in [0.3, 0.4) is 0 Å². The molecule has 0 saturated carbocycles. The van der Waals surface area contributed by atoms with E-state index < -0.39 is 6.36 Å². The summed E-state index contributed by atoms with van der Waals surface area (Å²) in [5, 5.41) is 0. The van der Waals surface area contributed by atoms with E-state index in [9.17, 15) is 13.2 Å². The van der Waals surface area contributed by atoms with Crippen molar-refractivity contribution in [3.05, 3.63) is 23.8 Å². The maximum atomic E-state index is 12.1. The number of hydrogen-bond acceptors (Lipinski definition) is 3. The lowest BCUT2D eigenvalue weighted by molar-refractivity contribution is -0.274. The quantitative estimate of drug-likeness (QED) is 0.860. The molecule has 0 bridgehead atoms. The smallest absolute Gasteiger partial charge is 0.496 e. The van der Waals surface area contributed by atoms with Gasteiger partial charge in [-0.1, -0.05) is 25.8 Å². The van der Waals surface area contributed by atoms with Crippen LogP contribution in [-0.2, 0) is 0 Å². The first kappa shape index (κ1) is 15.6. The maximum Gasteiger partial charge on any atom is 0.573 e. The summed E-state index contributed by atoms with van der Waals surface area (Å²) in [4.78, 5) is 0. The second-order valence-corrected chi connectivity index (χ2v) is 4.20. The third-order valence-electron chi connectivity index (χ3n) is 2.71. The zero-order chi connectivity index (χ0) is 14.5. The molecule has 0 aliphatic carbocycles. The Hall–Kier alpha value is -1.43. The van der Waals surface area contributed by atoms with E-state index in [0.717, 1.165) is 19.3 Å². The molecule has 3 nitrogen and oxygen atoms in total. The van der Waals surface area contributed by atoms with E-state index in [0.29, 0.717) is 11.3 Å². The molecule has 0 spiro atoms. The van der Waals surface area contributed by atoms with E-state index in [-0.39, 0.29) is 11.8 Å². The molecule has 108 valence electrons. The Morgan fingerprint density at radius 2 is 2.00 bits per heavy atom. The lowest BCUT2D eigenvalue weighted by Gasteiger charge is -2.17. The lowest BCUT2D eigenvalue weighted by Crippen LogP contribution is -2.17. The Bertz CT molecular complexity index is 407. The Labute approximate surface area is 110 Å². The summed E-state index contributed by atoms with van der Waals surface area (Å²) in [5.74, 6) is 0.00106. The molecule has 0 fully saturated rings. The molecule has 1 aromatic rings. The summed E-state index contributed by atoms with van der Waals surface area (Å²) < 4.78 is 45.3. The van der Waals surface area contributed by atoms with E-state index in [1.807, 2.05) is 6.92 Å². The molecule has 0 aromatic heterocycles. The molecule has 19 heavy (non-hydrogen) atoms. The van der Waals surface area contributed by atoms with Gasteiger partial charge >= 0.3 is 6.36 Å². The number of hydrogen-bond donors (Lipinski definition) is 1. The zero-order valence-corrected chi connectivity index (χ0v) is 11.0. The predicted molar refractivity (Wildman–Crippen MR) is 66.1 cm³/mol. The van der Waals surface area contributed by atoms with Gasteiger partial charge in [0.1, 0.15) is 11.5 Å². The standard InChI is InChI=1S/C13H18F3NO2/c1-3-4-5-11(17)10-7-6-9(8-12(10)18-2)19-13(14,15)16/h6-8,11H,3-5,17H2,1-2H3/t11-/m0/s1. The van der Waals surface area contributed by atoms with Crippen molar-refractivity contribution in [3.8, 4) is 11.5 Å². The molecular formula is C13H18F3NO2. The molecular weight excluding hydrogens is 259 g/mol. The van der Waals surface area contributed by atoms with Crippen LogP contribution in [0.2, 0.25) is 0 Å². The minimum absolute atomic E-state index is 0.255. The zero-order valence-electron chi connectivity index (χ0n) is 11.0. The number of methoxy groups -OCH3 is 1. The summed E-state index contributed by atoms with van der Waals surface area (Å²) >= 11 is 0. The first-order chi connectivity index (χ1) is 8.87. The van der Waals surface area contributed by atoms with Crippen molar-refractivity contribution in [3.63, 3.8) is 0 Å². The molecule has 0 heterocycles. The van der Waals surface area contributed by atoms with E-state index >= 15 is 0 Å². The van der Waals surface area contributed by atoms with Crippen LogP contribution in [0.5, 0.6) is 11.5 Å². The number of benzene rings is 1. The Morgan fingerprint density at radius 1 is 1.32 bits per heavy atom. The van der Waals surface area contributed by atoms with Crippen molar-refractivity contribution in [2.45, 2.75) is 38.6 Å². The van der Waals surface area contributed by atoms with Crippen LogP contribution in [0.4, 0.5) is 13.2 Å². The van der Waals surface area contributed by atoms with Crippen LogP contribution < -0.4 is 15.2 Å². The fraction of sp³-hybridized carbons (Fsp3) is 0.538. The molecule has 0 amide bonds. The van der Waals surface area contributed by atoms with Crippen LogP contribution in [0.25, 0.3) is 0 Å². The average Bonchev–Trinajstić information content (AvgIpc) is 2.33. The molecule has 0 saturated heterocycles. The number of rotatable bonds is 6. The average molecular weight is 277 g/mol. The van der Waals surface area contributed by atoms with Crippen molar-refractivity contribution in [1.82, 2.24) is 0 Å². The first-order valence-corrected chi connectivity index (χ1v) is 6.06. The van der Waals surface area contributed by atoms with E-state index in [2.05, 4.69) is 4.74 Å². The second-order valence-electron chi connectivity index (χ2n) is 4.20. The van der Waals surface area contributed by atoms with Gasteiger partial charge in [-0.25, -0.2) is 0 Å². The fourth-order valence-corrected chi connectivity index (χ4v) is 1.77. The normalized spacial score (nSPS) is 13.2. The molecule has 1 atom stereocenters. The molecule has 2 N–H and O–H groups in total. The van der Waals surface area contributed by atoms with Crippen molar-refractivity contribution >= 4 is 0 Å². The van der Waals surface area contributed by atoms with Gasteiger partial charge in [0.2, 0.25) is 0 Å². The lowest BCUT2D eigenvalue weighted by atomic mass is 10.0. The molecule has 0 radical (unpaired) electrons. The minimum atomic E-state index is -4.71. The monoisotopic (exact) mass is 277 g/mol.